The third kappa shape index (κ3) is 5.33. The summed E-state index contributed by atoms with van der Waals surface area (Å²) in [5, 5.41) is 11.9. The van der Waals surface area contributed by atoms with Crippen LogP contribution >= 0.6 is 11.6 Å². The van der Waals surface area contributed by atoms with Crippen LogP contribution in [-0.4, -0.2) is 43.1 Å². The zero-order valence-corrected chi connectivity index (χ0v) is 20.2. The number of ether oxygens (including phenoxy) is 2. The molecule has 196 valence electrons. The number of nitriles is 1. The van der Waals surface area contributed by atoms with E-state index in [1.807, 2.05) is 6.07 Å². The molecule has 0 spiro atoms. The van der Waals surface area contributed by atoms with Crippen molar-refractivity contribution in [1.82, 2.24) is 10.3 Å². The van der Waals surface area contributed by atoms with Gasteiger partial charge in [-0.15, -0.1) is 0 Å². The minimum Gasteiger partial charge on any atom is -0.497 e. The highest BCUT2D eigenvalue weighted by Crippen LogP contribution is 2.37. The number of aromatic nitrogens is 1. The molecule has 1 aliphatic heterocycles. The molecule has 3 aromatic rings. The Labute approximate surface area is 218 Å². The summed E-state index contributed by atoms with van der Waals surface area (Å²) < 4.78 is 64.1. The number of methoxy groups -OCH3 is 1. The third-order valence-electron chi connectivity index (χ3n) is 5.82. The van der Waals surface area contributed by atoms with Gasteiger partial charge in [0.15, 0.2) is 5.82 Å². The summed E-state index contributed by atoms with van der Waals surface area (Å²) in [4.78, 5) is 31.5. The highest BCUT2D eigenvalue weighted by molar-refractivity contribution is 6.29. The van der Waals surface area contributed by atoms with E-state index in [2.05, 4.69) is 15.0 Å². The van der Waals surface area contributed by atoms with Crippen molar-refractivity contribution >= 4 is 29.2 Å². The van der Waals surface area contributed by atoms with Gasteiger partial charge in [0.05, 0.1) is 12.7 Å². The molecule has 2 atom stereocenters. The Morgan fingerprint density at radius 2 is 1.82 bits per heavy atom. The van der Waals surface area contributed by atoms with Crippen molar-refractivity contribution in [3.05, 3.63) is 82.0 Å². The summed E-state index contributed by atoms with van der Waals surface area (Å²) in [7, 11) is 1.23. The second-order valence-electron chi connectivity index (χ2n) is 8.03. The predicted molar refractivity (Wildman–Crippen MR) is 126 cm³/mol. The summed E-state index contributed by atoms with van der Waals surface area (Å²) in [6.07, 6.45) is 0. The number of benzene rings is 2. The quantitative estimate of drug-likeness (QED) is 0.346. The van der Waals surface area contributed by atoms with Crippen molar-refractivity contribution in [2.45, 2.75) is 18.6 Å². The Morgan fingerprint density at radius 1 is 1.16 bits per heavy atom. The van der Waals surface area contributed by atoms with Crippen LogP contribution in [0.5, 0.6) is 11.5 Å². The first-order chi connectivity index (χ1) is 18.1. The van der Waals surface area contributed by atoms with Gasteiger partial charge in [0.1, 0.15) is 40.4 Å². The minimum atomic E-state index is -3.06. The van der Waals surface area contributed by atoms with Gasteiger partial charge in [-0.05, 0) is 36.4 Å². The lowest BCUT2D eigenvalue weighted by molar-refractivity contribution is -0.118. The Balaban J connectivity index is 1.73. The molecule has 38 heavy (non-hydrogen) atoms. The van der Waals surface area contributed by atoms with E-state index in [1.165, 1.54) is 31.4 Å². The molecule has 1 saturated heterocycles. The van der Waals surface area contributed by atoms with E-state index in [0.29, 0.717) is 0 Å². The van der Waals surface area contributed by atoms with Crippen LogP contribution in [0.25, 0.3) is 0 Å². The van der Waals surface area contributed by atoms with Crippen molar-refractivity contribution in [3.8, 4) is 17.6 Å². The standard InChI is InChI=1S/C25H17ClF4N4O4/c1-37-15-8-17(27)20(18(28)9-15)16-11-34(22-13(10-31)4-7-19(26)32-22)24(36)21(16)33-23(35)12-2-5-14(6-3-12)38-25(29)30/h2-9,16,21,25H,11H2,1H3,(H,33,35)/t16-,21-/m0/s1. The number of rotatable bonds is 7. The molecular weight excluding hydrogens is 532 g/mol. The summed E-state index contributed by atoms with van der Waals surface area (Å²) >= 11 is 5.96. The molecule has 1 N–H and O–H groups in total. The number of amides is 2. The highest BCUT2D eigenvalue weighted by atomic mass is 35.5. The Hall–Kier alpha value is -4.37. The van der Waals surface area contributed by atoms with Crippen LogP contribution in [0.3, 0.4) is 0 Å². The average molecular weight is 549 g/mol. The van der Waals surface area contributed by atoms with Crippen LogP contribution in [0.15, 0.2) is 48.5 Å². The predicted octanol–water partition coefficient (Wildman–Crippen LogP) is 4.42. The normalized spacial score (nSPS) is 16.9. The molecule has 4 rings (SSSR count). The van der Waals surface area contributed by atoms with E-state index in [0.717, 1.165) is 29.2 Å². The Kier molecular flexibility index (Phi) is 7.68. The number of pyridine rings is 1. The maximum atomic E-state index is 15.1. The van der Waals surface area contributed by atoms with Gasteiger partial charge in [-0.25, -0.2) is 13.8 Å². The maximum absolute atomic E-state index is 15.1. The summed E-state index contributed by atoms with van der Waals surface area (Å²) in [6.45, 7) is -3.42. The monoisotopic (exact) mass is 548 g/mol. The molecular formula is C25H17ClF4N4O4. The van der Waals surface area contributed by atoms with E-state index in [1.54, 1.807) is 0 Å². The van der Waals surface area contributed by atoms with Crippen LogP contribution in [0, 0.1) is 23.0 Å². The molecule has 1 fully saturated rings. The molecule has 2 amide bonds. The van der Waals surface area contributed by atoms with Crippen molar-refractivity contribution < 1.29 is 36.6 Å². The van der Waals surface area contributed by atoms with Crippen molar-refractivity contribution in [2.75, 3.05) is 18.6 Å². The fourth-order valence-corrected chi connectivity index (χ4v) is 4.25. The number of anilines is 1. The Morgan fingerprint density at radius 3 is 2.39 bits per heavy atom. The Bertz CT molecular complexity index is 1410. The van der Waals surface area contributed by atoms with Gasteiger partial charge in [-0.2, -0.15) is 14.0 Å². The van der Waals surface area contributed by atoms with Gasteiger partial charge in [-0.1, -0.05) is 11.6 Å². The largest absolute Gasteiger partial charge is 0.497 e. The van der Waals surface area contributed by atoms with Gasteiger partial charge in [0, 0.05) is 35.7 Å². The van der Waals surface area contributed by atoms with E-state index in [9.17, 15) is 23.6 Å². The molecule has 0 saturated carbocycles. The average Bonchev–Trinajstić information content (AvgIpc) is 3.18. The number of alkyl halides is 2. The van der Waals surface area contributed by atoms with E-state index in [4.69, 9.17) is 16.3 Å². The number of nitrogens with one attached hydrogen (secondary N) is 1. The van der Waals surface area contributed by atoms with Gasteiger partial charge in [-0.3, -0.25) is 14.5 Å². The smallest absolute Gasteiger partial charge is 0.387 e. The number of nitrogens with zero attached hydrogens (tertiary/aromatic N) is 3. The minimum absolute atomic E-state index is 0.0289. The molecule has 1 aromatic heterocycles. The summed E-state index contributed by atoms with van der Waals surface area (Å²) in [5.41, 5.74) is -0.558. The van der Waals surface area contributed by atoms with Crippen LogP contribution in [0.4, 0.5) is 23.4 Å². The molecule has 8 nitrogen and oxygen atoms in total. The first kappa shape index (κ1) is 26.7. The maximum Gasteiger partial charge on any atom is 0.387 e. The lowest BCUT2D eigenvalue weighted by atomic mass is 9.92. The second-order valence-corrected chi connectivity index (χ2v) is 8.42. The SMILES string of the molecule is COc1cc(F)c([C@@H]2CN(c3nc(Cl)ccc3C#N)C(=O)[C@H]2NC(=O)c2ccc(OC(F)F)cc2)c(F)c1. The molecule has 0 unspecified atom stereocenters. The number of halogens is 5. The molecule has 0 radical (unpaired) electrons. The fourth-order valence-electron chi connectivity index (χ4n) is 4.11. The van der Waals surface area contributed by atoms with Gasteiger partial charge >= 0.3 is 6.61 Å². The number of hydrogen-bond acceptors (Lipinski definition) is 6. The van der Waals surface area contributed by atoms with Crippen LogP contribution < -0.4 is 19.7 Å². The molecule has 0 bridgehead atoms. The first-order valence-electron chi connectivity index (χ1n) is 10.9. The summed E-state index contributed by atoms with van der Waals surface area (Å²) in [5.74, 6) is -5.37. The van der Waals surface area contributed by atoms with Crippen molar-refractivity contribution in [2.24, 2.45) is 0 Å². The van der Waals surface area contributed by atoms with Crippen LogP contribution in [0.1, 0.15) is 27.4 Å². The number of hydrogen-bond donors (Lipinski definition) is 1. The zero-order chi connectivity index (χ0) is 27.6. The van der Waals surface area contributed by atoms with E-state index < -0.39 is 47.6 Å². The molecule has 2 aromatic carbocycles. The second kappa shape index (κ2) is 10.9. The highest BCUT2D eigenvalue weighted by Gasteiger charge is 2.46. The molecule has 1 aliphatic rings. The lowest BCUT2D eigenvalue weighted by Crippen LogP contribution is -2.44. The third-order valence-corrected chi connectivity index (χ3v) is 6.03. The van der Waals surface area contributed by atoms with Crippen LogP contribution in [0.2, 0.25) is 5.15 Å². The van der Waals surface area contributed by atoms with Gasteiger partial charge in [0.2, 0.25) is 0 Å². The fraction of sp³-hybridized carbons (Fsp3) is 0.200. The zero-order valence-electron chi connectivity index (χ0n) is 19.4. The van der Waals surface area contributed by atoms with E-state index in [-0.39, 0.29) is 40.1 Å². The molecule has 13 heteroatoms. The summed E-state index contributed by atoms with van der Waals surface area (Å²) in [6, 6.07) is 9.53. The van der Waals surface area contributed by atoms with Gasteiger partial charge < -0.3 is 14.8 Å². The van der Waals surface area contributed by atoms with Crippen LogP contribution in [-0.2, 0) is 4.79 Å². The molecule has 0 aliphatic carbocycles. The number of carbonyl (C=O) groups is 2. The van der Waals surface area contributed by atoms with Crippen molar-refractivity contribution in [3.63, 3.8) is 0 Å². The number of carbonyl (C=O) groups excluding carboxylic acids is 2. The molecule has 2 heterocycles. The van der Waals surface area contributed by atoms with Gasteiger partial charge in [0.25, 0.3) is 11.8 Å². The topological polar surface area (TPSA) is 105 Å². The lowest BCUT2D eigenvalue weighted by Gasteiger charge is -2.20. The first-order valence-corrected chi connectivity index (χ1v) is 11.3. The van der Waals surface area contributed by atoms with E-state index >= 15 is 8.78 Å². The van der Waals surface area contributed by atoms with Crippen molar-refractivity contribution in [1.29, 1.82) is 5.26 Å².